The SMILES string of the molecule is C/C=C/C=c1/cccc/c1=C/c1cc(C(C)CN)c2c3c1ccc1c(CC4CCCCC4)cc(C)c(c13)CC2. The fourth-order valence-corrected chi connectivity index (χ4v) is 7.40. The summed E-state index contributed by atoms with van der Waals surface area (Å²) in [6, 6.07) is 18.6. The minimum atomic E-state index is 0.338. The van der Waals surface area contributed by atoms with Crippen LogP contribution in [0.15, 0.2) is 60.7 Å². The van der Waals surface area contributed by atoms with E-state index in [9.17, 15) is 0 Å². The molecule has 1 saturated carbocycles. The van der Waals surface area contributed by atoms with Gasteiger partial charge in [-0.25, -0.2) is 0 Å². The number of rotatable bonds is 6. The van der Waals surface area contributed by atoms with E-state index in [-0.39, 0.29) is 0 Å². The Balaban J connectivity index is 1.66. The first-order valence-electron chi connectivity index (χ1n) is 15.2. The smallest absolute Gasteiger partial charge is 0.00108 e. The molecule has 6 rings (SSSR count). The lowest BCUT2D eigenvalue weighted by Gasteiger charge is -2.28. The maximum Gasteiger partial charge on any atom is -0.00108 e. The van der Waals surface area contributed by atoms with Crippen molar-refractivity contribution < 1.29 is 0 Å². The van der Waals surface area contributed by atoms with Crippen LogP contribution >= 0.6 is 0 Å². The van der Waals surface area contributed by atoms with E-state index in [1.54, 1.807) is 16.7 Å². The minimum Gasteiger partial charge on any atom is -0.330 e. The molecule has 1 heteroatoms. The number of hydrogen-bond donors (Lipinski definition) is 1. The predicted octanol–water partition coefficient (Wildman–Crippen LogP) is 7.77. The molecule has 1 atom stereocenters. The molecule has 2 aliphatic carbocycles. The molecule has 1 nitrogen and oxygen atoms in total. The Kier molecular flexibility index (Phi) is 7.45. The van der Waals surface area contributed by atoms with Crippen molar-refractivity contribution in [3.63, 3.8) is 0 Å². The molecule has 0 aromatic heterocycles. The van der Waals surface area contributed by atoms with Crippen LogP contribution in [-0.2, 0) is 19.3 Å². The number of allylic oxidation sites excluding steroid dienone is 2. The normalized spacial score (nSPS) is 17.7. The maximum absolute atomic E-state index is 6.31. The summed E-state index contributed by atoms with van der Waals surface area (Å²) in [5.41, 5.74) is 15.2. The number of benzene rings is 4. The molecular formula is C38H43N. The minimum absolute atomic E-state index is 0.338. The van der Waals surface area contributed by atoms with Gasteiger partial charge in [0, 0.05) is 0 Å². The summed E-state index contributed by atoms with van der Waals surface area (Å²) in [6.45, 7) is 7.40. The molecule has 0 amide bonds. The van der Waals surface area contributed by atoms with Gasteiger partial charge in [0.05, 0.1) is 0 Å². The Morgan fingerprint density at radius 3 is 2.38 bits per heavy atom. The van der Waals surface area contributed by atoms with Crippen molar-refractivity contribution in [1.82, 2.24) is 0 Å². The summed E-state index contributed by atoms with van der Waals surface area (Å²) in [6.07, 6.45) is 19.3. The highest BCUT2D eigenvalue weighted by Gasteiger charge is 2.25. The zero-order valence-corrected chi connectivity index (χ0v) is 24.0. The molecule has 200 valence electrons. The van der Waals surface area contributed by atoms with Gasteiger partial charge in [-0.05, 0) is 123 Å². The highest BCUT2D eigenvalue weighted by molar-refractivity contribution is 6.15. The van der Waals surface area contributed by atoms with E-state index in [4.69, 9.17) is 5.73 Å². The van der Waals surface area contributed by atoms with Gasteiger partial charge >= 0.3 is 0 Å². The average molecular weight is 514 g/mol. The van der Waals surface area contributed by atoms with Gasteiger partial charge in [0.15, 0.2) is 0 Å². The summed E-state index contributed by atoms with van der Waals surface area (Å²) in [7, 11) is 0. The van der Waals surface area contributed by atoms with Gasteiger partial charge in [-0.15, -0.1) is 0 Å². The van der Waals surface area contributed by atoms with Gasteiger partial charge in [-0.2, -0.15) is 0 Å². The summed E-state index contributed by atoms with van der Waals surface area (Å²) < 4.78 is 0. The summed E-state index contributed by atoms with van der Waals surface area (Å²) in [4.78, 5) is 0. The third kappa shape index (κ3) is 4.87. The van der Waals surface area contributed by atoms with Crippen LogP contribution in [0.3, 0.4) is 0 Å². The Hall–Kier alpha value is -3.16. The van der Waals surface area contributed by atoms with E-state index >= 15 is 0 Å². The van der Waals surface area contributed by atoms with E-state index in [1.807, 2.05) is 0 Å². The molecule has 1 fully saturated rings. The number of hydrogen-bond acceptors (Lipinski definition) is 1. The molecule has 4 aromatic rings. The van der Waals surface area contributed by atoms with Crippen LogP contribution in [0.1, 0.15) is 85.3 Å². The standard InChI is InChI=1S/C38H43N/c1-4-5-13-28-14-9-10-15-29(28)22-31-23-36(26(3)24-39)35-19-16-32-25(2)20-30(21-27-11-7-6-8-12-27)33-17-18-34(31)38(35)37(32)33/h4-5,9-10,13-15,17-18,20,22-23,26-27H,6-8,11-12,16,19,21,24,39H2,1-3H3/b5-4+,28-13-,29-22-. The van der Waals surface area contributed by atoms with Crippen LogP contribution in [0.25, 0.3) is 33.7 Å². The fraction of sp³-hybridized carbons (Fsp3) is 0.368. The first-order valence-corrected chi connectivity index (χ1v) is 15.2. The lowest BCUT2D eigenvalue weighted by atomic mass is 9.76. The van der Waals surface area contributed by atoms with Gasteiger partial charge < -0.3 is 5.73 Å². The fourth-order valence-electron chi connectivity index (χ4n) is 7.40. The highest BCUT2D eigenvalue weighted by Crippen LogP contribution is 2.43. The third-order valence-corrected chi connectivity index (χ3v) is 9.51. The average Bonchev–Trinajstić information content (AvgIpc) is 2.97. The zero-order chi connectivity index (χ0) is 26.9. The van der Waals surface area contributed by atoms with Crippen molar-refractivity contribution >= 4 is 33.7 Å². The predicted molar refractivity (Wildman–Crippen MR) is 170 cm³/mol. The van der Waals surface area contributed by atoms with Crippen LogP contribution in [0.2, 0.25) is 0 Å². The van der Waals surface area contributed by atoms with E-state index in [0.29, 0.717) is 12.5 Å². The van der Waals surface area contributed by atoms with Crippen LogP contribution < -0.4 is 16.2 Å². The third-order valence-electron chi connectivity index (χ3n) is 9.51. The molecule has 1 unspecified atom stereocenters. The van der Waals surface area contributed by atoms with Gasteiger partial charge in [-0.3, -0.25) is 0 Å². The van der Waals surface area contributed by atoms with Crippen LogP contribution in [-0.4, -0.2) is 6.54 Å². The second kappa shape index (κ2) is 11.1. The van der Waals surface area contributed by atoms with Crippen molar-refractivity contribution in [1.29, 1.82) is 0 Å². The Bertz CT molecular complexity index is 1680. The van der Waals surface area contributed by atoms with Crippen molar-refractivity contribution in [2.75, 3.05) is 6.54 Å². The molecule has 0 bridgehead atoms. The van der Waals surface area contributed by atoms with Crippen LogP contribution in [0.4, 0.5) is 0 Å². The number of aryl methyl sites for hydroxylation is 3. The quantitative estimate of drug-likeness (QED) is 0.262. The molecule has 0 spiro atoms. The maximum atomic E-state index is 6.31. The lowest BCUT2D eigenvalue weighted by molar-refractivity contribution is 0.357. The first kappa shape index (κ1) is 26.1. The van der Waals surface area contributed by atoms with E-state index in [0.717, 1.165) is 18.8 Å². The van der Waals surface area contributed by atoms with E-state index < -0.39 is 0 Å². The Morgan fingerprint density at radius 1 is 0.897 bits per heavy atom. The summed E-state index contributed by atoms with van der Waals surface area (Å²) >= 11 is 0. The molecule has 0 saturated heterocycles. The van der Waals surface area contributed by atoms with E-state index in [2.05, 4.69) is 93.6 Å². The molecule has 2 N–H and O–H groups in total. The second-order valence-electron chi connectivity index (χ2n) is 12.1. The van der Waals surface area contributed by atoms with Gasteiger partial charge in [0.2, 0.25) is 0 Å². The van der Waals surface area contributed by atoms with Crippen molar-refractivity contribution in [2.45, 2.75) is 78.1 Å². The molecule has 0 aliphatic heterocycles. The second-order valence-corrected chi connectivity index (χ2v) is 12.1. The Morgan fingerprint density at radius 2 is 1.62 bits per heavy atom. The van der Waals surface area contributed by atoms with Crippen LogP contribution in [0.5, 0.6) is 0 Å². The Labute approximate surface area is 234 Å². The molecule has 39 heavy (non-hydrogen) atoms. The summed E-state index contributed by atoms with van der Waals surface area (Å²) in [5, 5.41) is 8.44. The molecule has 0 heterocycles. The van der Waals surface area contributed by atoms with Gasteiger partial charge in [-0.1, -0.05) is 106 Å². The molecule has 4 aromatic carbocycles. The molecule has 0 radical (unpaired) electrons. The van der Waals surface area contributed by atoms with Gasteiger partial charge in [0.1, 0.15) is 0 Å². The molecular weight excluding hydrogens is 470 g/mol. The lowest BCUT2D eigenvalue weighted by Crippen LogP contribution is -2.23. The van der Waals surface area contributed by atoms with Crippen molar-refractivity contribution in [3.8, 4) is 0 Å². The highest BCUT2D eigenvalue weighted by atomic mass is 14.5. The molecule has 2 aliphatic rings. The van der Waals surface area contributed by atoms with Crippen LogP contribution in [0, 0.1) is 12.8 Å². The first-order chi connectivity index (χ1) is 19.1. The monoisotopic (exact) mass is 513 g/mol. The van der Waals surface area contributed by atoms with Crippen molar-refractivity contribution in [2.24, 2.45) is 11.7 Å². The largest absolute Gasteiger partial charge is 0.330 e. The zero-order valence-electron chi connectivity index (χ0n) is 24.0. The van der Waals surface area contributed by atoms with E-state index in [1.165, 1.54) is 87.2 Å². The summed E-state index contributed by atoms with van der Waals surface area (Å²) in [5.74, 6) is 1.17. The number of nitrogens with two attached hydrogens (primary N) is 1. The van der Waals surface area contributed by atoms with Crippen molar-refractivity contribution in [3.05, 3.63) is 105 Å². The van der Waals surface area contributed by atoms with Gasteiger partial charge in [0.25, 0.3) is 0 Å². The topological polar surface area (TPSA) is 26.0 Å².